The third-order valence-electron chi connectivity index (χ3n) is 1.96. The molecule has 0 aromatic rings. The van der Waals surface area contributed by atoms with Crippen LogP contribution in [-0.2, 0) is 19.4 Å². The van der Waals surface area contributed by atoms with Crippen molar-refractivity contribution in [2.45, 2.75) is 24.8 Å². The molecule has 0 aromatic carbocycles. The van der Waals surface area contributed by atoms with Crippen LogP contribution in [0.25, 0.3) is 0 Å². The van der Waals surface area contributed by atoms with Gasteiger partial charge in [-0.25, -0.2) is 22.0 Å². The first-order valence-electron chi connectivity index (χ1n) is 4.75. The Kier molecular flexibility index (Phi) is 5.72. The van der Waals surface area contributed by atoms with Crippen molar-refractivity contribution in [1.29, 1.82) is 0 Å². The topological polar surface area (TPSA) is 101 Å². The molecule has 0 bridgehead atoms. The molecule has 0 heterocycles. The molecule has 0 fully saturated rings. The Morgan fingerprint density at radius 3 is 2.11 bits per heavy atom. The highest BCUT2D eigenvalue weighted by Crippen LogP contribution is 2.23. The number of alkyl halides is 4. The molecule has 0 saturated carbocycles. The fourth-order valence-electron chi connectivity index (χ4n) is 0.943. The molecule has 1 unspecified atom stereocenters. The van der Waals surface area contributed by atoms with E-state index in [-0.39, 0.29) is 0 Å². The second-order valence-electron chi connectivity index (χ2n) is 3.71. The highest BCUT2D eigenvalue weighted by Gasteiger charge is 2.49. The first-order chi connectivity index (χ1) is 8.38. The molecule has 1 atom stereocenters. The SMILES string of the molecule is CS(=O)(=O)CCC(NC(=O)C(F)(F)C(F)F)C(=O)O. The zero-order chi connectivity index (χ0) is 15.4. The molecule has 0 aromatic heterocycles. The van der Waals surface area contributed by atoms with E-state index in [4.69, 9.17) is 5.11 Å². The third-order valence-corrected chi connectivity index (χ3v) is 2.93. The van der Waals surface area contributed by atoms with Gasteiger partial charge in [-0.3, -0.25) is 4.79 Å². The van der Waals surface area contributed by atoms with Crippen LogP contribution >= 0.6 is 0 Å². The second-order valence-corrected chi connectivity index (χ2v) is 5.97. The third kappa shape index (κ3) is 5.85. The molecule has 2 N–H and O–H groups in total. The van der Waals surface area contributed by atoms with Gasteiger partial charge in [0, 0.05) is 6.26 Å². The molecule has 0 saturated heterocycles. The fraction of sp³-hybridized carbons (Fsp3) is 0.750. The van der Waals surface area contributed by atoms with Crippen molar-refractivity contribution >= 4 is 21.7 Å². The molecular weight excluding hydrogens is 298 g/mol. The first kappa shape index (κ1) is 17.6. The smallest absolute Gasteiger partial charge is 0.383 e. The van der Waals surface area contributed by atoms with Crippen molar-refractivity contribution in [1.82, 2.24) is 5.32 Å². The van der Waals surface area contributed by atoms with E-state index >= 15 is 0 Å². The molecule has 0 aliphatic rings. The number of amides is 1. The van der Waals surface area contributed by atoms with Crippen molar-refractivity contribution < 1.29 is 40.7 Å². The number of carbonyl (C=O) groups is 2. The minimum atomic E-state index is -5.04. The van der Waals surface area contributed by atoms with E-state index in [2.05, 4.69) is 0 Å². The van der Waals surface area contributed by atoms with Gasteiger partial charge in [0.1, 0.15) is 15.9 Å². The fourth-order valence-corrected chi connectivity index (χ4v) is 1.61. The minimum Gasteiger partial charge on any atom is -0.480 e. The van der Waals surface area contributed by atoms with E-state index in [1.807, 2.05) is 0 Å². The van der Waals surface area contributed by atoms with Gasteiger partial charge in [0.15, 0.2) is 0 Å². The van der Waals surface area contributed by atoms with Crippen LogP contribution in [0.1, 0.15) is 6.42 Å². The van der Waals surface area contributed by atoms with Gasteiger partial charge < -0.3 is 10.4 Å². The Hall–Kier alpha value is -1.39. The second kappa shape index (κ2) is 6.17. The minimum absolute atomic E-state index is 0.704. The lowest BCUT2D eigenvalue weighted by Gasteiger charge is -2.19. The van der Waals surface area contributed by atoms with Crippen LogP contribution in [0, 0.1) is 0 Å². The zero-order valence-corrected chi connectivity index (χ0v) is 10.4. The lowest BCUT2D eigenvalue weighted by molar-refractivity contribution is -0.171. The normalized spacial score (nSPS) is 14.2. The number of hydrogen-bond acceptors (Lipinski definition) is 4. The predicted octanol–water partition coefficient (Wildman–Crippen LogP) is -0.109. The van der Waals surface area contributed by atoms with Gasteiger partial charge in [0.2, 0.25) is 0 Å². The number of aliphatic carboxylic acids is 1. The summed E-state index contributed by atoms with van der Waals surface area (Å²) in [7, 11) is -3.59. The van der Waals surface area contributed by atoms with Gasteiger partial charge >= 0.3 is 18.3 Å². The summed E-state index contributed by atoms with van der Waals surface area (Å²) in [5, 5.41) is 9.76. The lowest BCUT2D eigenvalue weighted by atomic mass is 10.2. The maximum atomic E-state index is 12.6. The Bertz CT molecular complexity index is 450. The van der Waals surface area contributed by atoms with Gasteiger partial charge in [-0.15, -0.1) is 0 Å². The number of carboxylic acids is 1. The van der Waals surface area contributed by atoms with Crippen molar-refractivity contribution in [3.05, 3.63) is 0 Å². The Morgan fingerprint density at radius 1 is 1.32 bits per heavy atom. The van der Waals surface area contributed by atoms with Crippen LogP contribution in [-0.4, -0.2) is 55.8 Å². The number of nitrogens with one attached hydrogen (secondary N) is 1. The van der Waals surface area contributed by atoms with E-state index in [9.17, 15) is 35.6 Å². The summed E-state index contributed by atoms with van der Waals surface area (Å²) in [4.78, 5) is 21.4. The Labute approximate surface area is 105 Å². The Balaban J connectivity index is 4.78. The van der Waals surface area contributed by atoms with Crippen molar-refractivity contribution in [2.75, 3.05) is 12.0 Å². The molecule has 6 nitrogen and oxygen atoms in total. The molecule has 0 aliphatic heterocycles. The summed E-state index contributed by atoms with van der Waals surface area (Å²) in [6.07, 6.45) is -4.24. The van der Waals surface area contributed by atoms with Crippen molar-refractivity contribution in [3.63, 3.8) is 0 Å². The maximum Gasteiger partial charge on any atom is 0.383 e. The van der Waals surface area contributed by atoms with Gasteiger partial charge in [-0.1, -0.05) is 0 Å². The van der Waals surface area contributed by atoms with Gasteiger partial charge in [0.05, 0.1) is 5.75 Å². The standard InChI is InChI=1S/C8H11F4NO5S/c1-19(17,18)3-2-4(5(14)15)13-7(16)8(11,12)6(9)10/h4,6H,2-3H2,1H3,(H,13,16)(H,14,15). The number of sulfone groups is 1. The summed E-state index contributed by atoms with van der Waals surface area (Å²) in [6, 6.07) is -1.99. The van der Waals surface area contributed by atoms with E-state index in [0.29, 0.717) is 0 Å². The van der Waals surface area contributed by atoms with Crippen molar-refractivity contribution in [3.8, 4) is 0 Å². The van der Waals surface area contributed by atoms with E-state index in [1.165, 1.54) is 5.32 Å². The van der Waals surface area contributed by atoms with Crippen molar-refractivity contribution in [2.24, 2.45) is 0 Å². The molecule has 112 valence electrons. The highest BCUT2D eigenvalue weighted by molar-refractivity contribution is 7.90. The highest BCUT2D eigenvalue weighted by atomic mass is 32.2. The lowest BCUT2D eigenvalue weighted by Crippen LogP contribution is -2.51. The number of hydrogen-bond donors (Lipinski definition) is 2. The van der Waals surface area contributed by atoms with Crippen LogP contribution in [0.4, 0.5) is 17.6 Å². The Morgan fingerprint density at radius 2 is 1.79 bits per heavy atom. The molecular formula is C8H11F4NO5S. The van der Waals surface area contributed by atoms with Crippen LogP contribution < -0.4 is 5.32 Å². The number of halogens is 4. The summed E-state index contributed by atoms with van der Waals surface area (Å²) in [5.41, 5.74) is 0. The van der Waals surface area contributed by atoms with Crippen LogP contribution in [0.3, 0.4) is 0 Å². The molecule has 1 amide bonds. The summed E-state index contributed by atoms with van der Waals surface area (Å²) >= 11 is 0. The quantitative estimate of drug-likeness (QED) is 0.639. The monoisotopic (exact) mass is 309 g/mol. The number of rotatable bonds is 7. The molecule has 0 spiro atoms. The molecule has 0 radical (unpaired) electrons. The van der Waals surface area contributed by atoms with E-state index in [0.717, 1.165) is 6.26 Å². The molecule has 19 heavy (non-hydrogen) atoms. The summed E-state index contributed by atoms with van der Waals surface area (Å²) in [6.45, 7) is 0. The van der Waals surface area contributed by atoms with Gasteiger partial charge in [0.25, 0.3) is 5.91 Å². The maximum absolute atomic E-state index is 12.6. The summed E-state index contributed by atoms with van der Waals surface area (Å²) in [5.74, 6) is -10.0. The number of carboxylic acid groups (broad SMARTS) is 1. The zero-order valence-electron chi connectivity index (χ0n) is 9.57. The van der Waals surface area contributed by atoms with Crippen LogP contribution in [0.5, 0.6) is 0 Å². The van der Waals surface area contributed by atoms with Crippen LogP contribution in [0.15, 0.2) is 0 Å². The predicted molar refractivity (Wildman–Crippen MR) is 54.8 cm³/mol. The molecule has 11 heteroatoms. The van der Waals surface area contributed by atoms with Gasteiger partial charge in [-0.2, -0.15) is 8.78 Å². The van der Waals surface area contributed by atoms with Gasteiger partial charge in [-0.05, 0) is 6.42 Å². The van der Waals surface area contributed by atoms with E-state index < -0.39 is 52.3 Å². The molecule has 0 aliphatic carbocycles. The number of carbonyl (C=O) groups excluding carboxylic acids is 1. The average Bonchev–Trinajstić information content (AvgIpc) is 2.21. The summed E-state index contributed by atoms with van der Waals surface area (Å²) < 4.78 is 70.4. The largest absolute Gasteiger partial charge is 0.480 e. The molecule has 0 rings (SSSR count). The van der Waals surface area contributed by atoms with E-state index in [1.54, 1.807) is 0 Å². The first-order valence-corrected chi connectivity index (χ1v) is 6.81. The average molecular weight is 309 g/mol. The van der Waals surface area contributed by atoms with Crippen LogP contribution in [0.2, 0.25) is 0 Å².